The van der Waals surface area contributed by atoms with Gasteiger partial charge in [-0.25, -0.2) is 0 Å². The van der Waals surface area contributed by atoms with Gasteiger partial charge in [0.05, 0.1) is 51.8 Å². The van der Waals surface area contributed by atoms with E-state index < -0.39 is 12.2 Å². The highest BCUT2D eigenvalue weighted by molar-refractivity contribution is 5.34. The van der Waals surface area contributed by atoms with Crippen LogP contribution < -0.4 is 33.7 Å². The van der Waals surface area contributed by atoms with E-state index in [1.807, 2.05) is 72.8 Å². The molecule has 0 radical (unpaired) electrons. The van der Waals surface area contributed by atoms with E-state index in [-0.39, 0.29) is 50.8 Å². The van der Waals surface area contributed by atoms with Crippen molar-refractivity contribution >= 4 is 0 Å². The zero-order valence-electron chi connectivity index (χ0n) is 39.2. The molecule has 6 unspecified atom stereocenters. The summed E-state index contributed by atoms with van der Waals surface area (Å²) in [6.45, 7) is 6.89. The van der Waals surface area contributed by atoms with Crippen LogP contribution in [0.25, 0.3) is 0 Å². The summed E-state index contributed by atoms with van der Waals surface area (Å²) in [6.07, 6.45) is 4.12. The largest absolute Gasteiger partial charge is 0.493 e. The van der Waals surface area contributed by atoms with Gasteiger partial charge in [0.2, 0.25) is 0 Å². The molecule has 1 saturated carbocycles. The molecule has 3 aromatic carbocycles. The van der Waals surface area contributed by atoms with E-state index in [1.54, 1.807) is 42.7 Å². The molecule has 0 saturated heterocycles. The van der Waals surface area contributed by atoms with Crippen LogP contribution in [0.2, 0.25) is 0 Å². The number of methoxy groups -OCH3 is 6. The van der Waals surface area contributed by atoms with Gasteiger partial charge in [0, 0.05) is 80.2 Å². The maximum absolute atomic E-state index is 6.50. The van der Waals surface area contributed by atoms with Gasteiger partial charge in [0.25, 0.3) is 0 Å². The molecule has 0 aliphatic heterocycles. The summed E-state index contributed by atoms with van der Waals surface area (Å²) in [4.78, 5) is 0. The molecule has 6 atom stereocenters. The van der Waals surface area contributed by atoms with Crippen molar-refractivity contribution in [2.24, 2.45) is 5.92 Å². The number of nitrogens with one attached hydrogen (secondary N) is 1. The van der Waals surface area contributed by atoms with Crippen LogP contribution in [0.15, 0.2) is 72.8 Å². The van der Waals surface area contributed by atoms with Gasteiger partial charge in [-0.05, 0) is 61.7 Å². The standard InChI is InChI=1S/C49H75NO14/c1-8-50-28-45(31-59-40-17-11-16-39(26-40)58-24-22-49(56-7)37-13-9-14-37)63-36-48(35-62-43-20-12-19-42(27-43)60-32-46(54-5)30-52-3)64-34-47(55-6)33-61-41-18-10-15-38(25-41)57-23-21-44(53-4)29-51-2/h10-12,15-20,25-27,37,44-50H,8-9,13-14,21-24,28-36H2,1-7H3. The van der Waals surface area contributed by atoms with E-state index in [4.69, 9.17) is 66.3 Å². The van der Waals surface area contributed by atoms with Crippen molar-refractivity contribution in [2.45, 2.75) is 75.7 Å². The lowest BCUT2D eigenvalue weighted by Crippen LogP contribution is -2.39. The van der Waals surface area contributed by atoms with Crippen LogP contribution in [-0.4, -0.2) is 158 Å². The molecule has 0 aromatic heterocycles. The van der Waals surface area contributed by atoms with Gasteiger partial charge >= 0.3 is 0 Å². The molecular weight excluding hydrogens is 827 g/mol. The zero-order valence-corrected chi connectivity index (χ0v) is 39.2. The first kappa shape index (κ1) is 52.7. The Hall–Kier alpha value is -3.90. The Labute approximate surface area is 381 Å². The van der Waals surface area contributed by atoms with Crippen LogP contribution in [0, 0.1) is 5.92 Å². The Morgan fingerprint density at radius 2 is 0.891 bits per heavy atom. The van der Waals surface area contributed by atoms with Gasteiger partial charge in [-0.3, -0.25) is 0 Å². The first-order chi connectivity index (χ1) is 31.4. The number of hydrogen-bond donors (Lipinski definition) is 1. The summed E-state index contributed by atoms with van der Waals surface area (Å²) in [5, 5.41) is 3.40. The second kappa shape index (κ2) is 31.9. The molecule has 15 nitrogen and oxygen atoms in total. The minimum atomic E-state index is -0.482. The minimum Gasteiger partial charge on any atom is -0.493 e. The molecule has 1 N–H and O–H groups in total. The molecule has 0 bridgehead atoms. The van der Waals surface area contributed by atoms with Crippen LogP contribution in [0.3, 0.4) is 0 Å². The van der Waals surface area contributed by atoms with Gasteiger partial charge in [-0.2, -0.15) is 0 Å². The average Bonchev–Trinajstić information content (AvgIpc) is 3.30. The first-order valence-corrected chi connectivity index (χ1v) is 22.5. The van der Waals surface area contributed by atoms with Gasteiger partial charge in [0.1, 0.15) is 85.3 Å². The lowest BCUT2D eigenvalue weighted by atomic mass is 9.80. The van der Waals surface area contributed by atoms with Crippen LogP contribution in [0.5, 0.6) is 34.5 Å². The predicted molar refractivity (Wildman–Crippen MR) is 244 cm³/mol. The smallest absolute Gasteiger partial charge is 0.123 e. The molecule has 0 spiro atoms. The first-order valence-electron chi connectivity index (χ1n) is 22.5. The second-order valence-electron chi connectivity index (χ2n) is 15.6. The Morgan fingerprint density at radius 1 is 0.469 bits per heavy atom. The van der Waals surface area contributed by atoms with Crippen molar-refractivity contribution in [1.82, 2.24) is 5.32 Å². The number of benzene rings is 3. The predicted octanol–water partition coefficient (Wildman–Crippen LogP) is 6.67. The van der Waals surface area contributed by atoms with Crippen molar-refractivity contribution in [3.63, 3.8) is 0 Å². The zero-order chi connectivity index (χ0) is 45.6. The Bertz CT molecular complexity index is 1630. The number of ether oxygens (including phenoxy) is 14. The summed E-state index contributed by atoms with van der Waals surface area (Å²) < 4.78 is 82.5. The summed E-state index contributed by atoms with van der Waals surface area (Å²) >= 11 is 0. The van der Waals surface area contributed by atoms with Crippen LogP contribution in [0.4, 0.5) is 0 Å². The highest BCUT2D eigenvalue weighted by Crippen LogP contribution is 2.32. The van der Waals surface area contributed by atoms with Crippen LogP contribution in [0.1, 0.15) is 39.0 Å². The Balaban J connectivity index is 1.35. The molecule has 360 valence electrons. The molecule has 1 aliphatic rings. The fourth-order valence-electron chi connectivity index (χ4n) is 6.79. The maximum Gasteiger partial charge on any atom is 0.123 e. The van der Waals surface area contributed by atoms with Crippen LogP contribution >= 0.6 is 0 Å². The van der Waals surface area contributed by atoms with Crippen molar-refractivity contribution in [3.8, 4) is 34.5 Å². The molecule has 1 aliphatic carbocycles. The van der Waals surface area contributed by atoms with Crippen molar-refractivity contribution in [3.05, 3.63) is 72.8 Å². The third kappa shape index (κ3) is 20.5. The fourth-order valence-corrected chi connectivity index (χ4v) is 6.79. The lowest BCUT2D eigenvalue weighted by Gasteiger charge is -2.32. The maximum atomic E-state index is 6.50. The van der Waals surface area contributed by atoms with E-state index in [0.717, 1.165) is 18.7 Å². The van der Waals surface area contributed by atoms with Crippen molar-refractivity contribution < 1.29 is 66.3 Å². The third-order valence-corrected chi connectivity index (χ3v) is 10.9. The highest BCUT2D eigenvalue weighted by atomic mass is 16.6. The molecule has 1 fully saturated rings. The van der Waals surface area contributed by atoms with Gasteiger partial charge in [-0.1, -0.05) is 31.5 Å². The Kier molecular flexibility index (Phi) is 26.3. The van der Waals surface area contributed by atoms with Gasteiger partial charge in [0.15, 0.2) is 0 Å². The van der Waals surface area contributed by atoms with Crippen molar-refractivity contribution in [1.29, 1.82) is 0 Å². The highest BCUT2D eigenvalue weighted by Gasteiger charge is 2.27. The third-order valence-electron chi connectivity index (χ3n) is 10.9. The number of hydrogen-bond acceptors (Lipinski definition) is 15. The van der Waals surface area contributed by atoms with Crippen molar-refractivity contribution in [2.75, 3.05) is 122 Å². The number of rotatable bonds is 38. The summed E-state index contributed by atoms with van der Waals surface area (Å²) in [7, 11) is 10.0. The van der Waals surface area contributed by atoms with E-state index in [9.17, 15) is 0 Å². The SMILES string of the molecule is CCNCC(COc1cccc(OCCC(OC)C2CCC2)c1)OCC(COc1cccc(OCC(COC)OC)c1)OCC(COc1cccc(OCCC(COC)OC)c1)OC. The van der Waals surface area contributed by atoms with E-state index in [2.05, 4.69) is 12.2 Å². The Morgan fingerprint density at radius 3 is 1.34 bits per heavy atom. The minimum absolute atomic E-state index is 0.0391. The van der Waals surface area contributed by atoms with E-state index >= 15 is 0 Å². The molecule has 0 amide bonds. The van der Waals surface area contributed by atoms with Gasteiger partial charge in [-0.15, -0.1) is 0 Å². The molecule has 3 aromatic rings. The average molecular weight is 902 g/mol. The van der Waals surface area contributed by atoms with E-state index in [1.165, 1.54) is 19.3 Å². The quantitative estimate of drug-likeness (QED) is 0.0654. The van der Waals surface area contributed by atoms with Gasteiger partial charge < -0.3 is 71.6 Å². The summed E-state index contributed by atoms with van der Waals surface area (Å²) in [5.41, 5.74) is 0. The van der Waals surface area contributed by atoms with E-state index in [0.29, 0.717) is 87.3 Å². The number of likely N-dealkylation sites (N-methyl/N-ethyl adjacent to an activating group) is 1. The topological polar surface area (TPSA) is 141 Å². The monoisotopic (exact) mass is 902 g/mol. The summed E-state index contributed by atoms with van der Waals surface area (Å²) in [5.74, 6) is 4.70. The molecular formula is C49H75NO14. The molecule has 0 heterocycles. The summed E-state index contributed by atoms with van der Waals surface area (Å²) in [6, 6.07) is 22.7. The normalized spacial score (nSPS) is 15.6. The second-order valence-corrected chi connectivity index (χ2v) is 15.6. The molecule has 15 heteroatoms. The molecule has 64 heavy (non-hydrogen) atoms. The van der Waals surface area contributed by atoms with Crippen LogP contribution in [-0.2, 0) is 37.9 Å². The lowest BCUT2D eigenvalue weighted by molar-refractivity contribution is -0.0955. The fraction of sp³-hybridized carbons (Fsp3) is 0.633. The molecule has 4 rings (SSSR count).